The van der Waals surface area contributed by atoms with E-state index >= 15 is 0 Å². The number of carboxylic acid groups (broad SMARTS) is 4. The number of nitrogens with zero attached hydrogens (tertiary/aromatic N) is 5. The second kappa shape index (κ2) is 41.5. The molecule has 0 aliphatic carbocycles. The molecule has 2 aromatic carbocycles. The van der Waals surface area contributed by atoms with Gasteiger partial charge in [0.05, 0.1) is 25.7 Å². The largest absolute Gasteiger partial charge is 0.480 e. The fourth-order valence-corrected chi connectivity index (χ4v) is 15.9. The number of unbranched alkanes of at least 4 members (excludes halogenated alkanes) is 3. The lowest BCUT2D eigenvalue weighted by molar-refractivity contribution is -0.148. The number of primary amides is 1. The molecule has 2 aromatic rings. The molecule has 3 saturated heterocycles. The number of hydrogen-bond acceptors (Lipinski definition) is 20. The Kier molecular flexibility index (Phi) is 33.9. The molecule has 4 aliphatic heterocycles. The monoisotopic (exact) mass is 1470 g/mol. The number of rotatable bonds is 29. The highest BCUT2D eigenvalue weighted by Crippen LogP contribution is 2.30. The van der Waals surface area contributed by atoms with Crippen LogP contribution in [0.25, 0.3) is 0 Å². The number of aliphatic hydroxyl groups is 1. The van der Waals surface area contributed by atoms with Gasteiger partial charge in [-0.05, 0) is 87.6 Å². The van der Waals surface area contributed by atoms with Crippen molar-refractivity contribution in [1.82, 2.24) is 56.4 Å². The number of fused-ring (bicyclic) bond motifs is 4. The molecule has 0 saturated carbocycles. The average molecular weight is 1470 g/mol. The van der Waals surface area contributed by atoms with Crippen molar-refractivity contribution in [2.45, 2.75) is 181 Å². The molecule has 3 fully saturated rings. The predicted molar refractivity (Wildman–Crippen MR) is 379 cm³/mol. The summed E-state index contributed by atoms with van der Waals surface area (Å²) in [6.45, 7) is 3.72. The Morgan fingerprint density at radius 2 is 1.28 bits per heavy atom. The topological polar surface area (TPSA) is 437 Å². The summed E-state index contributed by atoms with van der Waals surface area (Å²) in [6, 6.07) is 4.96. The summed E-state index contributed by atoms with van der Waals surface area (Å²) in [5.41, 5.74) is 7.61. The maximum atomic E-state index is 14.9. The van der Waals surface area contributed by atoms with Crippen molar-refractivity contribution in [2.75, 3.05) is 89.8 Å². The van der Waals surface area contributed by atoms with E-state index in [1.54, 1.807) is 52.1 Å². The van der Waals surface area contributed by atoms with Gasteiger partial charge < -0.3 is 73.0 Å². The molecule has 0 spiro atoms. The summed E-state index contributed by atoms with van der Waals surface area (Å²) in [5.74, 6) is -9.25. The van der Waals surface area contributed by atoms with Gasteiger partial charge in [-0.15, -0.1) is 0 Å². The van der Waals surface area contributed by atoms with E-state index in [0.29, 0.717) is 67.9 Å². The second-order valence-electron chi connectivity index (χ2n) is 26.4. The Labute approximate surface area is 601 Å². The number of benzene rings is 2. The van der Waals surface area contributed by atoms with Crippen molar-refractivity contribution in [2.24, 2.45) is 5.73 Å². The van der Waals surface area contributed by atoms with Crippen molar-refractivity contribution in [1.29, 1.82) is 0 Å². The fourth-order valence-electron chi connectivity index (χ4n) is 13.1. The number of aliphatic hydroxyl groups excluding tert-OH is 1. The van der Waals surface area contributed by atoms with Gasteiger partial charge in [0, 0.05) is 112 Å². The molecule has 0 aromatic heterocycles. The number of carbonyl (C=O) groups excluding carboxylic acids is 9. The number of hydrogen-bond donors (Lipinski definition) is 12. The molecule has 0 radical (unpaired) electrons. The van der Waals surface area contributed by atoms with Crippen LogP contribution in [0.5, 0.6) is 0 Å². The van der Waals surface area contributed by atoms with E-state index in [1.807, 2.05) is 25.1 Å². The number of nitrogens with two attached hydrogens (primary N) is 1. The van der Waals surface area contributed by atoms with E-state index < -0.39 is 132 Å². The first-order valence-electron chi connectivity index (χ1n) is 34.4. The third kappa shape index (κ3) is 27.0. The van der Waals surface area contributed by atoms with Gasteiger partial charge >= 0.3 is 23.9 Å². The lowest BCUT2D eigenvalue weighted by Crippen LogP contribution is -2.61. The highest BCUT2D eigenvalue weighted by molar-refractivity contribution is 7.99. The van der Waals surface area contributed by atoms with E-state index in [0.717, 1.165) is 29.5 Å². The van der Waals surface area contributed by atoms with Crippen molar-refractivity contribution in [3.05, 3.63) is 70.8 Å². The molecule has 0 unspecified atom stereocenters. The zero-order valence-corrected chi connectivity index (χ0v) is 60.2. The zero-order valence-electron chi connectivity index (χ0n) is 57.7. The third-order valence-electron chi connectivity index (χ3n) is 18.2. The van der Waals surface area contributed by atoms with Crippen LogP contribution in [0.1, 0.15) is 126 Å². The van der Waals surface area contributed by atoms with Gasteiger partial charge in [0.1, 0.15) is 42.3 Å². The van der Waals surface area contributed by atoms with Crippen LogP contribution in [0, 0.1) is 0 Å². The number of aliphatic carboxylic acids is 4. The molecular weight excluding hydrogens is 1370 g/mol. The lowest BCUT2D eigenvalue weighted by Gasteiger charge is -2.44. The molecule has 558 valence electrons. The van der Waals surface area contributed by atoms with Crippen LogP contribution in [0.15, 0.2) is 48.5 Å². The maximum absolute atomic E-state index is 14.9. The van der Waals surface area contributed by atoms with E-state index in [1.165, 1.54) is 52.0 Å². The summed E-state index contributed by atoms with van der Waals surface area (Å²) in [6.07, 6.45) is 2.46. The predicted octanol–water partition coefficient (Wildman–Crippen LogP) is 0.578. The van der Waals surface area contributed by atoms with E-state index in [2.05, 4.69) is 31.9 Å². The van der Waals surface area contributed by atoms with Crippen molar-refractivity contribution in [3.63, 3.8) is 0 Å². The summed E-state index contributed by atoms with van der Waals surface area (Å²) in [5, 5.41) is 66.8. The highest BCUT2D eigenvalue weighted by Gasteiger charge is 2.46. The van der Waals surface area contributed by atoms with Gasteiger partial charge in [-0.3, -0.25) is 72.2 Å². The summed E-state index contributed by atoms with van der Waals surface area (Å²) < 4.78 is 0. The normalized spacial score (nSPS) is 23.0. The number of carbonyl (C=O) groups is 13. The Bertz CT molecular complexity index is 3180. The average Bonchev–Trinajstić information content (AvgIpc) is 1.71. The molecule has 9 amide bonds. The summed E-state index contributed by atoms with van der Waals surface area (Å²) in [4.78, 5) is 182. The smallest absolute Gasteiger partial charge is 0.327 e. The van der Waals surface area contributed by atoms with Crippen molar-refractivity contribution in [3.8, 4) is 0 Å². The minimum atomic E-state index is -1.71. The number of amides is 9. The Hall–Kier alpha value is -7.56. The number of thioether (sulfide) groups is 3. The van der Waals surface area contributed by atoms with Crippen molar-refractivity contribution >= 4 is 112 Å². The van der Waals surface area contributed by atoms with Crippen LogP contribution in [0.4, 0.5) is 0 Å². The van der Waals surface area contributed by atoms with Gasteiger partial charge in [-0.25, -0.2) is 4.79 Å². The quantitative estimate of drug-likeness (QED) is 0.0496. The minimum absolute atomic E-state index is 0.102. The summed E-state index contributed by atoms with van der Waals surface area (Å²) in [7, 11) is 1.62. The Morgan fingerprint density at radius 1 is 0.683 bits per heavy atom. The van der Waals surface area contributed by atoms with E-state index in [-0.39, 0.29) is 120 Å². The molecule has 30 nitrogen and oxygen atoms in total. The third-order valence-corrected chi connectivity index (χ3v) is 21.5. The van der Waals surface area contributed by atoms with Crippen LogP contribution >= 0.6 is 35.3 Å². The molecule has 2 bridgehead atoms. The van der Waals surface area contributed by atoms with Gasteiger partial charge in [0.2, 0.25) is 53.2 Å². The van der Waals surface area contributed by atoms with Gasteiger partial charge in [-0.2, -0.15) is 35.3 Å². The molecule has 4 aliphatic rings. The molecular formula is C68H100N12O18S3. The standard InChI is InChI=1S/C68H100N12O18S3/c1-4-5-7-19-56(84)71-50-39-100-37-46-29-45(36-99-28-23-70-55(83)18-10-11-22-68(76(3)33-57(85)86)41-77(34-58(87)88)26-27-78(42-68)35-59(89)90)30-47(31-46)38-101-40-51(67(97)98)74-62(92)49(32-44-14-8-6-9-15-44)73-61(91)48(20-21-54(69)82)72-64(94)60(43(2)81)75-63(93)52-16-12-24-79(52)66(96)53-17-13-25-80(53)65(50)95/h6,8-9,14-15,29-31,43,48-53,60,81H,4-5,7,10-13,16-28,32-42H2,1-3H3,(H2,69,82)(H,70,83)(H,71,84)(H,72,94)(H,73,91)(H,74,92)(H,75,93)(H,85,86)(H,87,88)(H,89,90)(H,97,98)/t43-,48+,49+,50+,51+,52+,53+,60+/m1/s1. The van der Waals surface area contributed by atoms with Crippen molar-refractivity contribution < 1.29 is 87.9 Å². The van der Waals surface area contributed by atoms with Gasteiger partial charge in [0.25, 0.3) is 0 Å². The number of nitrogens with one attached hydrogen (secondary N) is 6. The maximum Gasteiger partial charge on any atom is 0.327 e. The first kappa shape index (κ1) is 82.4. The van der Waals surface area contributed by atoms with E-state index in [9.17, 15) is 87.9 Å². The Morgan fingerprint density at radius 3 is 1.88 bits per heavy atom. The first-order chi connectivity index (χ1) is 48.1. The zero-order chi connectivity index (χ0) is 73.8. The van der Waals surface area contributed by atoms with Crippen LogP contribution in [0.3, 0.4) is 0 Å². The number of carboxylic acids is 4. The van der Waals surface area contributed by atoms with Gasteiger partial charge in [-0.1, -0.05) is 74.7 Å². The van der Waals surface area contributed by atoms with Crippen LogP contribution < -0.4 is 37.6 Å². The fraction of sp³-hybridized carbons (Fsp3) is 0.632. The lowest BCUT2D eigenvalue weighted by atomic mass is 9.88. The van der Waals surface area contributed by atoms with Crippen LogP contribution in [0.2, 0.25) is 0 Å². The molecule has 8 atom stereocenters. The number of likely N-dealkylation sites (N-methyl/N-ethyl adjacent to an activating group) is 1. The molecule has 6 rings (SSSR count). The highest BCUT2D eigenvalue weighted by atomic mass is 32.2. The molecule has 4 heterocycles. The second-order valence-corrected chi connectivity index (χ2v) is 29.5. The molecule has 101 heavy (non-hydrogen) atoms. The summed E-state index contributed by atoms with van der Waals surface area (Å²) >= 11 is 4.12. The van der Waals surface area contributed by atoms with E-state index in [4.69, 9.17) is 5.73 Å². The SMILES string of the molecule is CCCCCC(=O)N[C@H]1CSCc2cc(CSCCNC(=O)CCCCC3(N(C)CC(=O)O)CN(CC(=O)O)CCN(CC(=O)O)C3)cc(c2)CSC[C@@H](C(=O)O)NC(=O)[C@H](Cc2ccccc2)NC(=O)[C@H](CCC(N)=O)NC(=O)[C@H]([C@@H](C)O)NC(=O)[C@@H]2CCCN2C(=O)[C@@H]2CCCN2C1=O. The molecule has 13 N–H and O–H groups in total. The van der Waals surface area contributed by atoms with Crippen LogP contribution in [-0.2, 0) is 86.0 Å². The molecule has 33 heteroatoms. The van der Waals surface area contributed by atoms with Crippen LogP contribution in [-0.4, -0.2) is 271 Å². The minimum Gasteiger partial charge on any atom is -0.480 e. The van der Waals surface area contributed by atoms with Gasteiger partial charge in [0.15, 0.2) is 0 Å². The first-order valence-corrected chi connectivity index (χ1v) is 37.9. The Balaban J connectivity index is 1.24.